The number of hydrogen-bond donors (Lipinski definition) is 1. The molecule has 24 heavy (non-hydrogen) atoms. The van der Waals surface area contributed by atoms with Gasteiger partial charge in [0, 0.05) is 10.5 Å². The second-order valence-corrected chi connectivity index (χ2v) is 7.33. The number of nitrogens with one attached hydrogen (secondary N) is 1. The van der Waals surface area contributed by atoms with Gasteiger partial charge in [-0.1, -0.05) is 41.1 Å². The first-order chi connectivity index (χ1) is 11.7. The molecule has 0 spiro atoms. The highest BCUT2D eigenvalue weighted by atomic mass is 35.5. The zero-order chi connectivity index (χ0) is 16.9. The third-order valence-electron chi connectivity index (χ3n) is 3.10. The number of anilines is 1. The first kappa shape index (κ1) is 16.4. The number of halogens is 1. The van der Waals surface area contributed by atoms with Crippen LogP contribution in [0.4, 0.5) is 5.13 Å². The van der Waals surface area contributed by atoms with Gasteiger partial charge in [0.05, 0.1) is 17.8 Å². The molecule has 7 heteroatoms. The lowest BCUT2D eigenvalue weighted by Crippen LogP contribution is -2.13. The molecule has 1 aromatic carbocycles. The number of aromatic nitrogens is 1. The molecule has 0 saturated carbocycles. The lowest BCUT2D eigenvalue weighted by atomic mass is 10.0. The molecule has 3 rings (SSSR count). The Morgan fingerprint density at radius 3 is 2.67 bits per heavy atom. The molecule has 0 atom stereocenters. The van der Waals surface area contributed by atoms with E-state index in [1.54, 1.807) is 24.3 Å². The van der Waals surface area contributed by atoms with E-state index < -0.39 is 0 Å². The number of amides is 1. The molecule has 0 aliphatic rings. The summed E-state index contributed by atoms with van der Waals surface area (Å²) < 4.78 is 0.507. The molecule has 0 fully saturated rings. The van der Waals surface area contributed by atoms with Gasteiger partial charge in [-0.3, -0.25) is 10.1 Å². The summed E-state index contributed by atoms with van der Waals surface area (Å²) in [5.74, 6) is -0.279. The maximum absolute atomic E-state index is 12.7. The van der Waals surface area contributed by atoms with Gasteiger partial charge in [-0.25, -0.2) is 4.98 Å². The largest absolute Gasteiger partial charge is 0.298 e. The summed E-state index contributed by atoms with van der Waals surface area (Å²) in [4.78, 5) is 17.7. The Morgan fingerprint density at radius 1 is 1.29 bits per heavy atom. The van der Waals surface area contributed by atoms with Crippen LogP contribution < -0.4 is 5.32 Å². The van der Waals surface area contributed by atoms with E-state index >= 15 is 0 Å². The Morgan fingerprint density at radius 2 is 2.08 bits per heavy atom. The molecule has 3 aromatic rings. The molecular weight excluding hydrogens is 362 g/mol. The number of nitrogens with zero attached hydrogens (tertiary/aromatic N) is 2. The first-order valence-corrected chi connectivity index (χ1v) is 8.91. The highest BCUT2D eigenvalue weighted by molar-refractivity contribution is 7.19. The average molecular weight is 372 g/mol. The van der Waals surface area contributed by atoms with E-state index in [0.717, 1.165) is 10.4 Å². The minimum atomic E-state index is -0.279. The molecule has 0 bridgehead atoms. The van der Waals surface area contributed by atoms with E-state index in [4.69, 9.17) is 16.9 Å². The minimum absolute atomic E-state index is 0.279. The van der Waals surface area contributed by atoms with Crippen LogP contribution in [0.25, 0.3) is 11.6 Å². The highest BCUT2D eigenvalue weighted by Gasteiger charge is 2.14. The summed E-state index contributed by atoms with van der Waals surface area (Å²) in [7, 11) is 0. The van der Waals surface area contributed by atoms with Crippen molar-refractivity contribution < 1.29 is 4.79 Å². The first-order valence-electron chi connectivity index (χ1n) is 6.84. The molecule has 1 N–H and O–H groups in total. The van der Waals surface area contributed by atoms with Gasteiger partial charge in [0.25, 0.3) is 5.91 Å². The Kier molecular flexibility index (Phi) is 5.06. The molecule has 0 radical (unpaired) electrons. The van der Waals surface area contributed by atoms with Crippen LogP contribution in [0.5, 0.6) is 0 Å². The third kappa shape index (κ3) is 3.89. The van der Waals surface area contributed by atoms with Crippen LogP contribution in [0.1, 0.15) is 16.0 Å². The summed E-state index contributed by atoms with van der Waals surface area (Å²) >= 11 is 8.59. The van der Waals surface area contributed by atoms with E-state index in [-0.39, 0.29) is 5.91 Å². The normalized spacial score (nSPS) is 11.1. The standard InChI is InChI=1S/C17H10ClN3OS2/c18-15-10-20-17(24-15)21-16(22)14(8-13-2-1-7-23-13)12-5-3-11(9-19)4-6-12/h1-8,10H,(H,20,21,22). The molecule has 0 unspecified atom stereocenters. The van der Waals surface area contributed by atoms with Crippen molar-refractivity contribution in [1.82, 2.24) is 4.98 Å². The van der Waals surface area contributed by atoms with Crippen LogP contribution in [-0.2, 0) is 4.79 Å². The van der Waals surface area contributed by atoms with Gasteiger partial charge in [-0.05, 0) is 35.2 Å². The number of thiophene rings is 1. The van der Waals surface area contributed by atoms with Crippen molar-refractivity contribution in [1.29, 1.82) is 5.26 Å². The van der Waals surface area contributed by atoms with Crippen molar-refractivity contribution in [3.8, 4) is 6.07 Å². The maximum Gasteiger partial charge on any atom is 0.258 e. The lowest BCUT2D eigenvalue weighted by Gasteiger charge is -2.07. The van der Waals surface area contributed by atoms with Gasteiger partial charge in [0.1, 0.15) is 4.34 Å². The quantitative estimate of drug-likeness (QED) is 0.662. The van der Waals surface area contributed by atoms with Gasteiger partial charge in [-0.15, -0.1) is 11.3 Å². The number of nitriles is 1. The second-order valence-electron chi connectivity index (χ2n) is 4.69. The van der Waals surface area contributed by atoms with Crippen molar-refractivity contribution in [3.05, 3.63) is 68.3 Å². The van der Waals surface area contributed by atoms with Gasteiger partial charge < -0.3 is 0 Å². The summed E-state index contributed by atoms with van der Waals surface area (Å²) in [6.45, 7) is 0. The fraction of sp³-hybridized carbons (Fsp3) is 0. The van der Waals surface area contributed by atoms with Gasteiger partial charge in [-0.2, -0.15) is 5.26 Å². The summed E-state index contributed by atoms with van der Waals surface area (Å²) in [5, 5.41) is 14.1. The number of benzene rings is 1. The smallest absolute Gasteiger partial charge is 0.258 e. The molecule has 0 aliphatic carbocycles. The predicted octanol–water partition coefficient (Wildman–Crippen LogP) is 4.91. The highest BCUT2D eigenvalue weighted by Crippen LogP contribution is 2.26. The third-order valence-corrected chi connectivity index (χ3v) is 4.95. The molecule has 4 nitrogen and oxygen atoms in total. The average Bonchev–Trinajstić information content (AvgIpc) is 3.24. The number of carbonyl (C=O) groups is 1. The van der Waals surface area contributed by atoms with E-state index in [9.17, 15) is 4.79 Å². The zero-order valence-corrected chi connectivity index (χ0v) is 14.6. The summed E-state index contributed by atoms with van der Waals surface area (Å²) in [6, 6.07) is 12.8. The van der Waals surface area contributed by atoms with E-state index in [0.29, 0.717) is 20.6 Å². The SMILES string of the molecule is N#Cc1ccc(C(=Cc2cccs2)C(=O)Nc2ncc(Cl)s2)cc1. The van der Waals surface area contributed by atoms with Crippen LogP contribution in [0, 0.1) is 11.3 Å². The summed E-state index contributed by atoms with van der Waals surface area (Å²) in [6.07, 6.45) is 3.31. The zero-order valence-electron chi connectivity index (χ0n) is 12.2. The number of rotatable bonds is 4. The van der Waals surface area contributed by atoms with E-state index in [2.05, 4.69) is 16.4 Å². The van der Waals surface area contributed by atoms with Crippen LogP contribution in [0.15, 0.2) is 48.0 Å². The molecule has 0 aliphatic heterocycles. The van der Waals surface area contributed by atoms with E-state index in [1.165, 1.54) is 28.9 Å². The van der Waals surface area contributed by atoms with Crippen LogP contribution in [0.2, 0.25) is 4.34 Å². The van der Waals surface area contributed by atoms with Gasteiger partial charge >= 0.3 is 0 Å². The van der Waals surface area contributed by atoms with Crippen molar-refractivity contribution in [2.75, 3.05) is 5.32 Å². The van der Waals surface area contributed by atoms with Crippen molar-refractivity contribution in [2.24, 2.45) is 0 Å². The van der Waals surface area contributed by atoms with E-state index in [1.807, 2.05) is 23.6 Å². The number of carbonyl (C=O) groups excluding carboxylic acids is 1. The Bertz CT molecular complexity index is 922. The predicted molar refractivity (Wildman–Crippen MR) is 99.1 cm³/mol. The van der Waals surface area contributed by atoms with Crippen molar-refractivity contribution >= 4 is 57.0 Å². The van der Waals surface area contributed by atoms with Crippen LogP contribution in [0.3, 0.4) is 0 Å². The molecule has 2 aromatic heterocycles. The topological polar surface area (TPSA) is 65.8 Å². The maximum atomic E-state index is 12.7. The van der Waals surface area contributed by atoms with Crippen LogP contribution in [-0.4, -0.2) is 10.9 Å². The molecule has 0 saturated heterocycles. The fourth-order valence-corrected chi connectivity index (χ4v) is 3.46. The van der Waals surface area contributed by atoms with Crippen LogP contribution >= 0.6 is 34.3 Å². The lowest BCUT2D eigenvalue weighted by molar-refractivity contribution is -0.111. The second kappa shape index (κ2) is 7.41. The Hall–Kier alpha value is -2.46. The minimum Gasteiger partial charge on any atom is -0.298 e. The molecule has 2 heterocycles. The van der Waals surface area contributed by atoms with Crippen molar-refractivity contribution in [3.63, 3.8) is 0 Å². The number of hydrogen-bond acceptors (Lipinski definition) is 5. The Labute approximate surface area is 151 Å². The molecule has 1 amide bonds. The monoisotopic (exact) mass is 371 g/mol. The van der Waals surface area contributed by atoms with Gasteiger partial charge in [0.15, 0.2) is 5.13 Å². The Balaban J connectivity index is 1.95. The number of thiazole rings is 1. The van der Waals surface area contributed by atoms with Gasteiger partial charge in [0.2, 0.25) is 0 Å². The van der Waals surface area contributed by atoms with Crippen molar-refractivity contribution in [2.45, 2.75) is 0 Å². The summed E-state index contributed by atoms with van der Waals surface area (Å²) in [5.41, 5.74) is 1.76. The molecular formula is C17H10ClN3OS2. The fourth-order valence-electron chi connectivity index (χ4n) is 2.00. The molecule has 118 valence electrons.